The van der Waals surface area contributed by atoms with Gasteiger partial charge in [-0.2, -0.15) is 0 Å². The van der Waals surface area contributed by atoms with Crippen LogP contribution in [-0.4, -0.2) is 23.7 Å². The van der Waals surface area contributed by atoms with E-state index in [-0.39, 0.29) is 18.2 Å². The van der Waals surface area contributed by atoms with Crippen LogP contribution in [-0.2, 0) is 11.2 Å². The summed E-state index contributed by atoms with van der Waals surface area (Å²) in [5, 5.41) is 12.6. The average molecular weight is 327 g/mol. The van der Waals surface area contributed by atoms with Crippen LogP contribution in [0.3, 0.4) is 0 Å². The Morgan fingerprint density at radius 3 is 2.46 bits per heavy atom. The number of anilines is 1. The van der Waals surface area contributed by atoms with Crippen LogP contribution in [0.4, 0.5) is 5.69 Å². The zero-order valence-corrected chi connectivity index (χ0v) is 14.2. The fraction of sp³-hybridized carbons (Fsp3) is 0.350. The van der Waals surface area contributed by atoms with E-state index < -0.39 is 6.10 Å². The highest BCUT2D eigenvalue weighted by Crippen LogP contribution is 2.24. The fourth-order valence-electron chi connectivity index (χ4n) is 2.25. The molecule has 1 atom stereocenters. The predicted molar refractivity (Wildman–Crippen MR) is 96.2 cm³/mol. The predicted octanol–water partition coefficient (Wildman–Crippen LogP) is 3.65. The smallest absolute Gasteiger partial charge is 0.227 e. The number of ether oxygens (including phenoxy) is 1. The Hall–Kier alpha value is -2.33. The van der Waals surface area contributed by atoms with Crippen molar-refractivity contribution in [1.82, 2.24) is 0 Å². The summed E-state index contributed by atoms with van der Waals surface area (Å²) in [7, 11) is 0. The SMILES string of the molecule is CC(C)C(O)CC(=O)Nc1ccccc1OCCc1ccccc1. The van der Waals surface area contributed by atoms with Gasteiger partial charge < -0.3 is 15.2 Å². The van der Waals surface area contributed by atoms with Crippen molar-refractivity contribution in [2.24, 2.45) is 5.92 Å². The number of carbonyl (C=O) groups excluding carboxylic acids is 1. The average Bonchev–Trinajstić information content (AvgIpc) is 2.57. The molecule has 0 aliphatic rings. The molecule has 0 fully saturated rings. The summed E-state index contributed by atoms with van der Waals surface area (Å²) in [4.78, 5) is 12.0. The molecule has 0 aliphatic heterocycles. The second-order valence-electron chi connectivity index (χ2n) is 6.14. The van der Waals surface area contributed by atoms with Crippen LogP contribution < -0.4 is 10.1 Å². The first-order valence-corrected chi connectivity index (χ1v) is 8.30. The van der Waals surface area contributed by atoms with Crippen molar-refractivity contribution in [3.8, 4) is 5.75 Å². The highest BCUT2D eigenvalue weighted by atomic mass is 16.5. The number of hydrogen-bond acceptors (Lipinski definition) is 3. The van der Waals surface area contributed by atoms with Crippen LogP contribution in [0.2, 0.25) is 0 Å². The molecule has 0 aromatic heterocycles. The first-order valence-electron chi connectivity index (χ1n) is 8.30. The minimum Gasteiger partial charge on any atom is -0.491 e. The monoisotopic (exact) mass is 327 g/mol. The number of aliphatic hydroxyl groups excluding tert-OH is 1. The number of aliphatic hydroxyl groups is 1. The summed E-state index contributed by atoms with van der Waals surface area (Å²) < 4.78 is 5.82. The second kappa shape index (κ2) is 9.08. The van der Waals surface area contributed by atoms with Gasteiger partial charge in [0.1, 0.15) is 5.75 Å². The third-order valence-electron chi connectivity index (χ3n) is 3.82. The summed E-state index contributed by atoms with van der Waals surface area (Å²) in [6.45, 7) is 4.31. The fourth-order valence-corrected chi connectivity index (χ4v) is 2.25. The molecular formula is C20H25NO3. The Morgan fingerprint density at radius 1 is 1.08 bits per heavy atom. The maximum absolute atomic E-state index is 12.0. The number of para-hydroxylation sites is 2. The molecule has 0 saturated heterocycles. The van der Waals surface area contributed by atoms with Crippen LogP contribution in [0, 0.1) is 5.92 Å². The Balaban J connectivity index is 1.91. The van der Waals surface area contributed by atoms with Crippen molar-refractivity contribution < 1.29 is 14.6 Å². The lowest BCUT2D eigenvalue weighted by Crippen LogP contribution is -2.23. The Kier molecular flexibility index (Phi) is 6.82. The number of amides is 1. The minimum absolute atomic E-state index is 0.0492. The Bertz CT molecular complexity index is 640. The van der Waals surface area contributed by atoms with Crippen LogP contribution in [0.1, 0.15) is 25.8 Å². The molecular weight excluding hydrogens is 302 g/mol. The lowest BCUT2D eigenvalue weighted by molar-refractivity contribution is -0.118. The molecule has 2 N–H and O–H groups in total. The number of hydrogen-bond donors (Lipinski definition) is 2. The number of benzene rings is 2. The lowest BCUT2D eigenvalue weighted by atomic mass is 10.0. The summed E-state index contributed by atoms with van der Waals surface area (Å²) in [6.07, 6.45) is 0.238. The van der Waals surface area contributed by atoms with Gasteiger partial charge in [0.25, 0.3) is 0 Å². The highest BCUT2D eigenvalue weighted by Gasteiger charge is 2.15. The van der Waals surface area contributed by atoms with E-state index in [9.17, 15) is 9.90 Å². The second-order valence-corrected chi connectivity index (χ2v) is 6.14. The van der Waals surface area contributed by atoms with E-state index in [1.807, 2.05) is 50.2 Å². The zero-order chi connectivity index (χ0) is 17.4. The van der Waals surface area contributed by atoms with E-state index in [1.54, 1.807) is 6.07 Å². The Labute approximate surface area is 143 Å². The van der Waals surface area contributed by atoms with Crippen molar-refractivity contribution in [3.63, 3.8) is 0 Å². The number of nitrogens with one attached hydrogen (secondary N) is 1. The third kappa shape index (κ3) is 5.70. The minimum atomic E-state index is -0.642. The molecule has 0 radical (unpaired) electrons. The van der Waals surface area contributed by atoms with Crippen LogP contribution in [0.25, 0.3) is 0 Å². The molecule has 1 unspecified atom stereocenters. The molecule has 2 aromatic carbocycles. The molecule has 2 rings (SSSR count). The van der Waals surface area contributed by atoms with Crippen molar-refractivity contribution in [3.05, 3.63) is 60.2 Å². The van der Waals surface area contributed by atoms with Crippen LogP contribution in [0.5, 0.6) is 5.75 Å². The number of rotatable bonds is 8. The van der Waals surface area contributed by atoms with E-state index in [1.165, 1.54) is 5.56 Å². The molecule has 128 valence electrons. The quantitative estimate of drug-likeness (QED) is 0.778. The largest absolute Gasteiger partial charge is 0.491 e. The van der Waals surface area contributed by atoms with Gasteiger partial charge in [-0.05, 0) is 23.6 Å². The third-order valence-corrected chi connectivity index (χ3v) is 3.82. The summed E-state index contributed by atoms with van der Waals surface area (Å²) in [5.41, 5.74) is 1.84. The van der Waals surface area contributed by atoms with Crippen molar-refractivity contribution >= 4 is 11.6 Å². The number of carbonyl (C=O) groups is 1. The summed E-state index contributed by atoms with van der Waals surface area (Å²) >= 11 is 0. The van der Waals surface area contributed by atoms with Crippen LogP contribution in [0.15, 0.2) is 54.6 Å². The molecule has 0 aliphatic carbocycles. The zero-order valence-electron chi connectivity index (χ0n) is 14.2. The van der Waals surface area contributed by atoms with Gasteiger partial charge in [-0.1, -0.05) is 56.3 Å². The van der Waals surface area contributed by atoms with Gasteiger partial charge in [0.2, 0.25) is 5.91 Å². The standard InChI is InChI=1S/C20H25NO3/c1-15(2)18(22)14-20(23)21-17-10-6-7-11-19(17)24-13-12-16-8-4-3-5-9-16/h3-11,15,18,22H,12-14H2,1-2H3,(H,21,23). The van der Waals surface area contributed by atoms with Crippen molar-refractivity contribution in [1.29, 1.82) is 0 Å². The van der Waals surface area contributed by atoms with E-state index in [0.717, 1.165) is 6.42 Å². The summed E-state index contributed by atoms with van der Waals surface area (Å²) in [6, 6.07) is 17.5. The Morgan fingerprint density at radius 2 is 1.75 bits per heavy atom. The van der Waals surface area contributed by atoms with E-state index in [0.29, 0.717) is 18.0 Å². The lowest BCUT2D eigenvalue weighted by Gasteiger charge is -2.16. The van der Waals surface area contributed by atoms with Gasteiger partial charge in [-0.15, -0.1) is 0 Å². The molecule has 24 heavy (non-hydrogen) atoms. The van der Waals surface area contributed by atoms with Gasteiger partial charge in [0.05, 0.1) is 24.8 Å². The first-order chi connectivity index (χ1) is 11.6. The maximum Gasteiger partial charge on any atom is 0.227 e. The molecule has 0 bridgehead atoms. The molecule has 4 nitrogen and oxygen atoms in total. The topological polar surface area (TPSA) is 58.6 Å². The first kappa shape index (κ1) is 18.0. The van der Waals surface area contributed by atoms with E-state index in [4.69, 9.17) is 4.74 Å². The molecule has 1 amide bonds. The van der Waals surface area contributed by atoms with Gasteiger partial charge in [-0.3, -0.25) is 4.79 Å². The highest BCUT2D eigenvalue weighted by molar-refractivity contribution is 5.92. The van der Waals surface area contributed by atoms with Crippen molar-refractivity contribution in [2.75, 3.05) is 11.9 Å². The van der Waals surface area contributed by atoms with Crippen LogP contribution >= 0.6 is 0 Å². The van der Waals surface area contributed by atoms with Gasteiger partial charge in [0, 0.05) is 6.42 Å². The van der Waals surface area contributed by atoms with Gasteiger partial charge in [0.15, 0.2) is 0 Å². The molecule has 0 saturated carbocycles. The molecule has 2 aromatic rings. The molecule has 4 heteroatoms. The van der Waals surface area contributed by atoms with E-state index >= 15 is 0 Å². The van der Waals surface area contributed by atoms with Crippen molar-refractivity contribution in [2.45, 2.75) is 32.8 Å². The maximum atomic E-state index is 12.0. The summed E-state index contributed by atoms with van der Waals surface area (Å²) in [5.74, 6) is 0.476. The van der Waals surface area contributed by atoms with Gasteiger partial charge >= 0.3 is 0 Å². The normalized spacial score (nSPS) is 12.0. The van der Waals surface area contributed by atoms with E-state index in [2.05, 4.69) is 17.4 Å². The molecule has 0 heterocycles. The van der Waals surface area contributed by atoms with Gasteiger partial charge in [-0.25, -0.2) is 0 Å². The molecule has 0 spiro atoms.